The molecular weight excluding hydrogens is 298 g/mol. The van der Waals surface area contributed by atoms with Crippen molar-refractivity contribution in [1.82, 2.24) is 4.90 Å². The maximum Gasteiger partial charge on any atom is 0.293 e. The Morgan fingerprint density at radius 3 is 2.65 bits per heavy atom. The van der Waals surface area contributed by atoms with E-state index in [1.54, 1.807) is 37.5 Å². The molecule has 1 saturated heterocycles. The first-order valence-electron chi connectivity index (χ1n) is 6.11. The van der Waals surface area contributed by atoms with E-state index in [2.05, 4.69) is 0 Å². The number of hydrogen-bond acceptors (Lipinski definition) is 4. The van der Waals surface area contributed by atoms with E-state index in [1.807, 2.05) is 0 Å². The predicted octanol–water partition coefficient (Wildman–Crippen LogP) is 3.41. The number of imide groups is 1. The number of rotatable bonds is 5. The van der Waals surface area contributed by atoms with E-state index in [-0.39, 0.29) is 11.1 Å². The number of carbonyl (C=O) groups excluding carboxylic acids is 2. The van der Waals surface area contributed by atoms with Crippen LogP contribution in [0.1, 0.15) is 12.0 Å². The molecule has 0 atom stereocenters. The molecule has 0 aliphatic carbocycles. The molecule has 4 nitrogen and oxygen atoms in total. The van der Waals surface area contributed by atoms with E-state index in [4.69, 9.17) is 16.3 Å². The minimum Gasteiger partial charge on any atom is -0.385 e. The molecule has 0 aromatic heterocycles. The van der Waals surface area contributed by atoms with Crippen molar-refractivity contribution in [1.29, 1.82) is 0 Å². The summed E-state index contributed by atoms with van der Waals surface area (Å²) in [6.45, 7) is 0.911. The maximum absolute atomic E-state index is 12.1. The molecule has 2 amide bonds. The molecule has 0 unspecified atom stereocenters. The van der Waals surface area contributed by atoms with Gasteiger partial charge in [-0.05, 0) is 42.0 Å². The molecule has 106 valence electrons. The van der Waals surface area contributed by atoms with Crippen LogP contribution < -0.4 is 0 Å². The van der Waals surface area contributed by atoms with E-state index in [1.165, 1.54) is 4.90 Å². The summed E-state index contributed by atoms with van der Waals surface area (Å²) in [6, 6.07) is 7.11. The smallest absolute Gasteiger partial charge is 0.293 e. The van der Waals surface area contributed by atoms with Gasteiger partial charge in [0.25, 0.3) is 11.1 Å². The maximum atomic E-state index is 12.1. The minimum atomic E-state index is -0.244. The summed E-state index contributed by atoms with van der Waals surface area (Å²) in [5, 5.41) is 0.404. The summed E-state index contributed by atoms with van der Waals surface area (Å²) in [4.78, 5) is 25.6. The fraction of sp³-hybridized carbons (Fsp3) is 0.286. The highest BCUT2D eigenvalue weighted by Crippen LogP contribution is 2.32. The van der Waals surface area contributed by atoms with Gasteiger partial charge in [-0.2, -0.15) is 0 Å². The molecule has 2 rings (SSSR count). The molecule has 1 aromatic rings. The van der Waals surface area contributed by atoms with Crippen LogP contribution >= 0.6 is 23.4 Å². The van der Waals surface area contributed by atoms with E-state index in [9.17, 15) is 9.59 Å². The van der Waals surface area contributed by atoms with Crippen LogP contribution in [0.3, 0.4) is 0 Å². The highest BCUT2D eigenvalue weighted by molar-refractivity contribution is 8.18. The summed E-state index contributed by atoms with van der Waals surface area (Å²) in [6.07, 6.45) is 2.35. The van der Waals surface area contributed by atoms with E-state index < -0.39 is 0 Å². The second-order valence-electron chi connectivity index (χ2n) is 4.23. The largest absolute Gasteiger partial charge is 0.385 e. The lowest BCUT2D eigenvalue weighted by molar-refractivity contribution is -0.122. The number of methoxy groups -OCH3 is 1. The van der Waals surface area contributed by atoms with Crippen molar-refractivity contribution in [2.24, 2.45) is 0 Å². The van der Waals surface area contributed by atoms with Gasteiger partial charge < -0.3 is 4.74 Å². The van der Waals surface area contributed by atoms with Crippen LogP contribution in [0, 0.1) is 0 Å². The van der Waals surface area contributed by atoms with E-state index in [0.29, 0.717) is 29.5 Å². The molecule has 0 N–H and O–H groups in total. The summed E-state index contributed by atoms with van der Waals surface area (Å²) in [7, 11) is 1.59. The van der Waals surface area contributed by atoms with Crippen molar-refractivity contribution < 1.29 is 14.3 Å². The molecule has 0 saturated carbocycles. The monoisotopic (exact) mass is 311 g/mol. The standard InChI is InChI=1S/C14H14ClNO3S/c1-19-8-2-7-16-13(17)12(20-14(16)18)9-10-3-5-11(15)6-4-10/h3-6,9H,2,7-8H2,1H3/b12-9+. The Labute approximate surface area is 126 Å². The SMILES string of the molecule is COCCCN1C(=O)S/C(=C/c2ccc(Cl)cc2)C1=O. The average molecular weight is 312 g/mol. The second-order valence-corrected chi connectivity index (χ2v) is 5.66. The number of thioether (sulfide) groups is 1. The van der Waals surface area contributed by atoms with Gasteiger partial charge >= 0.3 is 0 Å². The zero-order valence-corrected chi connectivity index (χ0v) is 12.5. The van der Waals surface area contributed by atoms with Crippen molar-refractivity contribution in [2.75, 3.05) is 20.3 Å². The number of carbonyl (C=O) groups is 2. The lowest BCUT2D eigenvalue weighted by atomic mass is 10.2. The third-order valence-electron chi connectivity index (χ3n) is 2.77. The normalized spacial score (nSPS) is 17.3. The molecule has 0 radical (unpaired) electrons. The number of nitrogens with zero attached hydrogens (tertiary/aromatic N) is 1. The quantitative estimate of drug-likeness (QED) is 0.617. The first-order valence-corrected chi connectivity index (χ1v) is 7.31. The summed E-state index contributed by atoms with van der Waals surface area (Å²) in [5.74, 6) is -0.244. The Balaban J connectivity index is 2.09. The molecule has 0 spiro atoms. The van der Waals surface area contributed by atoms with E-state index in [0.717, 1.165) is 17.3 Å². The number of halogens is 1. The Morgan fingerprint density at radius 1 is 1.30 bits per heavy atom. The highest BCUT2D eigenvalue weighted by Gasteiger charge is 2.34. The number of benzene rings is 1. The third-order valence-corrected chi connectivity index (χ3v) is 3.93. The topological polar surface area (TPSA) is 46.6 Å². The van der Waals surface area contributed by atoms with Gasteiger partial charge in [-0.25, -0.2) is 0 Å². The van der Waals surface area contributed by atoms with Crippen LogP contribution in [-0.2, 0) is 9.53 Å². The lowest BCUT2D eigenvalue weighted by Crippen LogP contribution is -2.29. The van der Waals surface area contributed by atoms with Gasteiger partial charge in [-0.3, -0.25) is 14.5 Å². The molecule has 20 heavy (non-hydrogen) atoms. The zero-order chi connectivity index (χ0) is 14.5. The van der Waals surface area contributed by atoms with Gasteiger partial charge in [0.1, 0.15) is 0 Å². The Morgan fingerprint density at radius 2 is 2.00 bits per heavy atom. The Bertz CT molecular complexity index is 542. The van der Waals surface area contributed by atoms with Crippen molar-refractivity contribution in [2.45, 2.75) is 6.42 Å². The molecule has 0 bridgehead atoms. The summed E-state index contributed by atoms with van der Waals surface area (Å²) in [5.41, 5.74) is 0.844. The van der Waals surface area contributed by atoms with Gasteiger partial charge in [-0.1, -0.05) is 23.7 Å². The van der Waals surface area contributed by atoms with Crippen LogP contribution in [0.5, 0.6) is 0 Å². The van der Waals surface area contributed by atoms with E-state index >= 15 is 0 Å². The Hall–Kier alpha value is -1.30. The average Bonchev–Trinajstić information content (AvgIpc) is 2.69. The number of hydrogen-bond donors (Lipinski definition) is 0. The molecule has 1 aromatic carbocycles. The molecule has 1 fully saturated rings. The predicted molar refractivity (Wildman–Crippen MR) is 80.6 cm³/mol. The molecular formula is C14H14ClNO3S. The molecule has 6 heteroatoms. The van der Waals surface area contributed by atoms with Crippen LogP contribution in [-0.4, -0.2) is 36.3 Å². The zero-order valence-electron chi connectivity index (χ0n) is 11.0. The van der Waals surface area contributed by atoms with Crippen LogP contribution in [0.4, 0.5) is 4.79 Å². The Kier molecular flexibility index (Phi) is 5.23. The van der Waals surface area contributed by atoms with Crippen molar-refractivity contribution in [3.05, 3.63) is 39.8 Å². The van der Waals surface area contributed by atoms with Gasteiger partial charge in [0.05, 0.1) is 4.91 Å². The first kappa shape index (κ1) is 15.1. The van der Waals surface area contributed by atoms with Gasteiger partial charge in [0.15, 0.2) is 0 Å². The summed E-state index contributed by atoms with van der Waals surface area (Å²) >= 11 is 6.77. The molecule has 1 heterocycles. The van der Waals surface area contributed by atoms with Gasteiger partial charge in [0, 0.05) is 25.3 Å². The van der Waals surface area contributed by atoms with Crippen LogP contribution in [0.25, 0.3) is 6.08 Å². The van der Waals surface area contributed by atoms with Gasteiger partial charge in [-0.15, -0.1) is 0 Å². The lowest BCUT2D eigenvalue weighted by Gasteiger charge is -2.11. The molecule has 1 aliphatic heterocycles. The highest BCUT2D eigenvalue weighted by atomic mass is 35.5. The first-order chi connectivity index (χ1) is 9.61. The fourth-order valence-corrected chi connectivity index (χ4v) is 2.76. The van der Waals surface area contributed by atoms with Crippen molar-refractivity contribution in [3.63, 3.8) is 0 Å². The second kappa shape index (κ2) is 6.92. The third kappa shape index (κ3) is 3.62. The number of ether oxygens (including phenoxy) is 1. The molecule has 1 aliphatic rings. The van der Waals surface area contributed by atoms with Gasteiger partial charge in [0.2, 0.25) is 0 Å². The van der Waals surface area contributed by atoms with Crippen molar-refractivity contribution >= 4 is 40.6 Å². The number of amides is 2. The summed E-state index contributed by atoms with van der Waals surface area (Å²) < 4.78 is 4.92. The van der Waals surface area contributed by atoms with Crippen LogP contribution in [0.2, 0.25) is 5.02 Å². The van der Waals surface area contributed by atoms with Crippen LogP contribution in [0.15, 0.2) is 29.2 Å². The fourth-order valence-electron chi connectivity index (χ4n) is 1.77. The minimum absolute atomic E-state index is 0.230. The van der Waals surface area contributed by atoms with Crippen molar-refractivity contribution in [3.8, 4) is 0 Å².